The zero-order chi connectivity index (χ0) is 14.4. The van der Waals surface area contributed by atoms with Crippen molar-refractivity contribution < 1.29 is 0 Å². The van der Waals surface area contributed by atoms with Crippen molar-refractivity contribution in [3.05, 3.63) is 16.1 Å². The molecule has 6 heteroatoms. The lowest BCUT2D eigenvalue weighted by atomic mass is 10.3. The highest BCUT2D eigenvalue weighted by molar-refractivity contribution is 6.37. The average Bonchev–Trinajstić information content (AvgIpc) is 2.39. The first-order valence-corrected chi connectivity index (χ1v) is 7.30. The Kier molecular flexibility index (Phi) is 6.69. The Bertz CT molecular complexity index is 408. The fraction of sp³-hybridized carbons (Fsp3) is 0.615. The Morgan fingerprint density at radius 2 is 1.79 bits per heavy atom. The maximum Gasteiger partial charge on any atom is 0.147 e. The van der Waals surface area contributed by atoms with Gasteiger partial charge in [0.2, 0.25) is 0 Å². The summed E-state index contributed by atoms with van der Waals surface area (Å²) in [6.07, 6.45) is 0. The van der Waals surface area contributed by atoms with E-state index in [4.69, 9.17) is 23.2 Å². The van der Waals surface area contributed by atoms with Gasteiger partial charge >= 0.3 is 0 Å². The van der Waals surface area contributed by atoms with Crippen LogP contribution in [-0.2, 0) is 0 Å². The number of likely N-dealkylation sites (N-methyl/N-ethyl adjacent to an activating group) is 1. The van der Waals surface area contributed by atoms with Crippen LogP contribution >= 0.6 is 23.2 Å². The summed E-state index contributed by atoms with van der Waals surface area (Å²) < 4.78 is 0. The molecule has 0 saturated carbocycles. The van der Waals surface area contributed by atoms with Crippen LogP contribution in [-0.4, -0.2) is 42.6 Å². The van der Waals surface area contributed by atoms with Crippen LogP contribution in [0.2, 0.25) is 10.0 Å². The van der Waals surface area contributed by atoms with Crippen molar-refractivity contribution in [2.75, 3.05) is 37.3 Å². The van der Waals surface area contributed by atoms with E-state index in [9.17, 15) is 0 Å². The van der Waals surface area contributed by atoms with Crippen LogP contribution in [0.3, 0.4) is 0 Å². The fourth-order valence-corrected chi connectivity index (χ4v) is 2.40. The number of nitrogens with zero attached hydrogens (tertiary/aromatic N) is 2. The second kappa shape index (κ2) is 7.78. The topological polar surface area (TPSA) is 40.2 Å². The maximum absolute atomic E-state index is 6.16. The molecule has 0 saturated heterocycles. The van der Waals surface area contributed by atoms with E-state index < -0.39 is 0 Å². The molecular weight excluding hydrogens is 283 g/mol. The quantitative estimate of drug-likeness (QED) is 0.808. The molecule has 1 aromatic heterocycles. The highest BCUT2D eigenvalue weighted by Gasteiger charge is 2.12. The Morgan fingerprint density at radius 3 is 2.32 bits per heavy atom. The van der Waals surface area contributed by atoms with Crippen LogP contribution in [0.4, 0.5) is 11.6 Å². The molecule has 19 heavy (non-hydrogen) atoms. The van der Waals surface area contributed by atoms with Gasteiger partial charge in [0.25, 0.3) is 0 Å². The van der Waals surface area contributed by atoms with Crippen molar-refractivity contribution in [1.82, 2.24) is 9.88 Å². The van der Waals surface area contributed by atoms with Gasteiger partial charge in [-0.2, -0.15) is 0 Å². The van der Waals surface area contributed by atoms with Crippen LogP contribution in [0.5, 0.6) is 0 Å². The first-order valence-electron chi connectivity index (χ1n) is 6.54. The Balaban J connectivity index is 2.76. The molecule has 0 spiro atoms. The smallest absolute Gasteiger partial charge is 0.147 e. The fourth-order valence-electron chi connectivity index (χ4n) is 1.89. The SMILES string of the molecule is CCN(CC)CC(C)Nc1nc(NC)c(Cl)cc1Cl. The van der Waals surface area contributed by atoms with Gasteiger partial charge in [-0.25, -0.2) is 4.98 Å². The standard InChI is InChI=1S/C13H22Cl2N4/c1-5-19(6-2)8-9(3)17-13-11(15)7-10(14)12(16-4)18-13/h7,9H,5-6,8H2,1-4H3,(H2,16,17,18). The van der Waals surface area contributed by atoms with Crippen molar-refractivity contribution in [1.29, 1.82) is 0 Å². The first kappa shape index (κ1) is 16.3. The third kappa shape index (κ3) is 4.71. The summed E-state index contributed by atoms with van der Waals surface area (Å²) in [5, 5.41) is 7.33. The molecule has 0 aromatic carbocycles. The molecule has 0 radical (unpaired) electrons. The second-order valence-electron chi connectivity index (χ2n) is 4.43. The number of hydrogen-bond donors (Lipinski definition) is 2. The third-order valence-electron chi connectivity index (χ3n) is 2.98. The average molecular weight is 305 g/mol. The number of halogens is 2. The molecule has 0 aliphatic carbocycles. The maximum atomic E-state index is 6.16. The van der Waals surface area contributed by atoms with E-state index in [-0.39, 0.29) is 6.04 Å². The summed E-state index contributed by atoms with van der Waals surface area (Å²) in [6.45, 7) is 9.44. The minimum atomic E-state index is 0.260. The lowest BCUT2D eigenvalue weighted by Gasteiger charge is -2.24. The number of anilines is 2. The molecule has 0 fully saturated rings. The van der Waals surface area contributed by atoms with Crippen LogP contribution in [0.1, 0.15) is 20.8 Å². The molecule has 0 aliphatic heterocycles. The molecule has 108 valence electrons. The summed E-state index contributed by atoms with van der Waals surface area (Å²) in [5.74, 6) is 1.29. The summed E-state index contributed by atoms with van der Waals surface area (Å²) in [5.41, 5.74) is 0. The van der Waals surface area contributed by atoms with E-state index in [0.717, 1.165) is 19.6 Å². The van der Waals surface area contributed by atoms with E-state index in [1.807, 2.05) is 0 Å². The molecule has 0 aliphatic rings. The highest BCUT2D eigenvalue weighted by atomic mass is 35.5. The number of aromatic nitrogens is 1. The van der Waals surface area contributed by atoms with E-state index in [2.05, 4.69) is 41.3 Å². The number of rotatable bonds is 7. The largest absolute Gasteiger partial charge is 0.372 e. The molecule has 1 atom stereocenters. The van der Waals surface area contributed by atoms with Gasteiger partial charge in [0.05, 0.1) is 10.0 Å². The van der Waals surface area contributed by atoms with E-state index >= 15 is 0 Å². The van der Waals surface area contributed by atoms with E-state index in [0.29, 0.717) is 21.7 Å². The van der Waals surface area contributed by atoms with Gasteiger partial charge in [-0.15, -0.1) is 0 Å². The van der Waals surface area contributed by atoms with Crippen LogP contribution in [0.15, 0.2) is 6.07 Å². The van der Waals surface area contributed by atoms with Gasteiger partial charge in [0.15, 0.2) is 0 Å². The normalized spacial score (nSPS) is 12.6. The minimum Gasteiger partial charge on any atom is -0.372 e. The van der Waals surface area contributed by atoms with Crippen molar-refractivity contribution >= 4 is 34.8 Å². The van der Waals surface area contributed by atoms with Gasteiger partial charge in [-0.05, 0) is 26.1 Å². The minimum absolute atomic E-state index is 0.260. The number of hydrogen-bond acceptors (Lipinski definition) is 4. The summed E-state index contributed by atoms with van der Waals surface area (Å²) in [7, 11) is 1.78. The molecule has 1 heterocycles. The predicted molar refractivity (Wildman–Crippen MR) is 84.7 cm³/mol. The molecule has 0 bridgehead atoms. The van der Waals surface area contributed by atoms with E-state index in [1.165, 1.54) is 0 Å². The molecule has 1 aromatic rings. The lowest BCUT2D eigenvalue weighted by Crippen LogP contribution is -2.35. The zero-order valence-electron chi connectivity index (χ0n) is 11.9. The van der Waals surface area contributed by atoms with Crippen molar-refractivity contribution in [2.45, 2.75) is 26.8 Å². The van der Waals surface area contributed by atoms with Gasteiger partial charge in [0.1, 0.15) is 11.6 Å². The lowest BCUT2D eigenvalue weighted by molar-refractivity contribution is 0.294. The zero-order valence-corrected chi connectivity index (χ0v) is 13.4. The van der Waals surface area contributed by atoms with Crippen LogP contribution < -0.4 is 10.6 Å². The van der Waals surface area contributed by atoms with Crippen molar-refractivity contribution in [3.63, 3.8) is 0 Å². The summed E-state index contributed by atoms with van der Waals surface area (Å²) in [4.78, 5) is 6.73. The van der Waals surface area contributed by atoms with Crippen LogP contribution in [0.25, 0.3) is 0 Å². The first-order chi connectivity index (χ1) is 9.01. The predicted octanol–water partition coefficient (Wildman–Crippen LogP) is 3.57. The Hall–Kier alpha value is -0.710. The third-order valence-corrected chi connectivity index (χ3v) is 3.55. The number of nitrogens with one attached hydrogen (secondary N) is 2. The Labute approximate surface area is 125 Å². The van der Waals surface area contributed by atoms with Gasteiger partial charge < -0.3 is 15.5 Å². The van der Waals surface area contributed by atoms with E-state index in [1.54, 1.807) is 13.1 Å². The van der Waals surface area contributed by atoms with Gasteiger partial charge in [-0.3, -0.25) is 0 Å². The van der Waals surface area contributed by atoms with Gasteiger partial charge in [-0.1, -0.05) is 37.0 Å². The Morgan fingerprint density at radius 1 is 1.21 bits per heavy atom. The summed E-state index contributed by atoms with van der Waals surface area (Å²) >= 11 is 12.2. The number of pyridine rings is 1. The molecular formula is C13H22Cl2N4. The molecule has 1 unspecified atom stereocenters. The van der Waals surface area contributed by atoms with Crippen LogP contribution in [0, 0.1) is 0 Å². The van der Waals surface area contributed by atoms with Crippen molar-refractivity contribution in [2.24, 2.45) is 0 Å². The van der Waals surface area contributed by atoms with Crippen molar-refractivity contribution in [3.8, 4) is 0 Å². The summed E-state index contributed by atoms with van der Waals surface area (Å²) in [6, 6.07) is 1.96. The molecule has 2 N–H and O–H groups in total. The molecule has 4 nitrogen and oxygen atoms in total. The van der Waals surface area contributed by atoms with Gasteiger partial charge in [0, 0.05) is 19.6 Å². The second-order valence-corrected chi connectivity index (χ2v) is 5.24. The molecule has 0 amide bonds. The highest BCUT2D eigenvalue weighted by Crippen LogP contribution is 2.29. The monoisotopic (exact) mass is 304 g/mol. The molecule has 1 rings (SSSR count).